The molecule has 1 aromatic rings. The number of ether oxygens (including phenoxy) is 3. The van der Waals surface area contributed by atoms with Crippen molar-refractivity contribution in [3.8, 4) is 5.75 Å². The van der Waals surface area contributed by atoms with Crippen molar-refractivity contribution in [2.24, 2.45) is 5.92 Å². The van der Waals surface area contributed by atoms with Crippen LogP contribution in [0.25, 0.3) is 0 Å². The molecule has 0 aliphatic heterocycles. The summed E-state index contributed by atoms with van der Waals surface area (Å²) in [5.41, 5.74) is 0.269. The zero-order chi connectivity index (χ0) is 21.1. The van der Waals surface area contributed by atoms with Crippen LogP contribution in [0.2, 0.25) is 0 Å². The molecule has 1 rings (SSSR count). The van der Waals surface area contributed by atoms with Gasteiger partial charge in [-0.2, -0.15) is 0 Å². The van der Waals surface area contributed by atoms with Gasteiger partial charge in [0.15, 0.2) is 6.61 Å². The third-order valence-electron chi connectivity index (χ3n) is 4.09. The first-order valence-electron chi connectivity index (χ1n) is 8.78. The van der Waals surface area contributed by atoms with Gasteiger partial charge in [-0.1, -0.05) is 32.4 Å². The first-order valence-corrected chi connectivity index (χ1v) is 8.78. The summed E-state index contributed by atoms with van der Waals surface area (Å²) in [6.07, 6.45) is 0.648. The third kappa shape index (κ3) is 6.90. The molecule has 0 bridgehead atoms. The standard InChI is InChI=1S/C19H26N2O7/c1-5-12(2)17(19(25)27-4)21-15(22)11-28-16(23)10-20-18(24)13-8-6-7-9-14(13)26-3/h6-9,12,17H,5,10-11H2,1-4H3,(H,20,24)(H,21,22)/t12-,17-/m1/s1. The van der Waals surface area contributed by atoms with Crippen molar-refractivity contribution in [3.63, 3.8) is 0 Å². The van der Waals surface area contributed by atoms with Crippen molar-refractivity contribution in [2.45, 2.75) is 26.3 Å². The van der Waals surface area contributed by atoms with Crippen LogP contribution in [0.3, 0.4) is 0 Å². The van der Waals surface area contributed by atoms with E-state index in [9.17, 15) is 19.2 Å². The average molecular weight is 394 g/mol. The van der Waals surface area contributed by atoms with E-state index in [4.69, 9.17) is 9.47 Å². The quantitative estimate of drug-likeness (QED) is 0.560. The Labute approximate surface area is 163 Å². The van der Waals surface area contributed by atoms with Gasteiger partial charge >= 0.3 is 11.9 Å². The number of benzene rings is 1. The predicted octanol–water partition coefficient (Wildman–Crippen LogP) is 0.672. The summed E-state index contributed by atoms with van der Waals surface area (Å²) in [5.74, 6) is -2.30. The molecule has 28 heavy (non-hydrogen) atoms. The van der Waals surface area contributed by atoms with E-state index < -0.39 is 42.9 Å². The molecule has 0 saturated carbocycles. The summed E-state index contributed by atoms with van der Waals surface area (Å²) in [7, 11) is 2.66. The number of carbonyl (C=O) groups is 4. The predicted molar refractivity (Wildman–Crippen MR) is 99.7 cm³/mol. The lowest BCUT2D eigenvalue weighted by Crippen LogP contribution is -2.47. The molecule has 0 aromatic heterocycles. The molecular weight excluding hydrogens is 368 g/mol. The molecule has 0 saturated heterocycles. The van der Waals surface area contributed by atoms with E-state index in [1.54, 1.807) is 31.2 Å². The highest BCUT2D eigenvalue weighted by molar-refractivity contribution is 5.98. The summed E-state index contributed by atoms with van der Waals surface area (Å²) in [4.78, 5) is 47.6. The van der Waals surface area contributed by atoms with E-state index in [1.165, 1.54) is 14.2 Å². The molecule has 0 spiro atoms. The van der Waals surface area contributed by atoms with Gasteiger partial charge in [0, 0.05) is 0 Å². The van der Waals surface area contributed by atoms with Gasteiger partial charge < -0.3 is 24.8 Å². The molecule has 2 atom stereocenters. The second-order valence-corrected chi connectivity index (χ2v) is 6.00. The molecule has 2 N–H and O–H groups in total. The highest BCUT2D eigenvalue weighted by atomic mass is 16.5. The number of esters is 2. The van der Waals surface area contributed by atoms with E-state index in [0.717, 1.165) is 0 Å². The number of hydrogen-bond donors (Lipinski definition) is 2. The van der Waals surface area contributed by atoms with E-state index in [2.05, 4.69) is 15.4 Å². The zero-order valence-corrected chi connectivity index (χ0v) is 16.4. The summed E-state index contributed by atoms with van der Waals surface area (Å²) < 4.78 is 14.6. The Morgan fingerprint density at radius 1 is 1.11 bits per heavy atom. The van der Waals surface area contributed by atoms with Gasteiger partial charge in [0.25, 0.3) is 11.8 Å². The molecule has 2 amide bonds. The molecule has 0 fully saturated rings. The molecule has 0 aliphatic carbocycles. The normalized spacial score (nSPS) is 12.3. The third-order valence-corrected chi connectivity index (χ3v) is 4.09. The fourth-order valence-electron chi connectivity index (χ4n) is 2.29. The Morgan fingerprint density at radius 2 is 1.79 bits per heavy atom. The van der Waals surface area contributed by atoms with Crippen LogP contribution in [0, 0.1) is 5.92 Å². The average Bonchev–Trinajstić information content (AvgIpc) is 2.72. The molecule has 9 nitrogen and oxygen atoms in total. The van der Waals surface area contributed by atoms with E-state index >= 15 is 0 Å². The summed E-state index contributed by atoms with van der Waals surface area (Å²) in [6, 6.07) is 5.71. The Balaban J connectivity index is 2.48. The summed E-state index contributed by atoms with van der Waals surface area (Å²) in [5, 5.41) is 4.88. The molecule has 9 heteroatoms. The fourth-order valence-corrected chi connectivity index (χ4v) is 2.29. The maximum Gasteiger partial charge on any atom is 0.328 e. The fraction of sp³-hybridized carbons (Fsp3) is 0.474. The number of nitrogens with one attached hydrogen (secondary N) is 2. The lowest BCUT2D eigenvalue weighted by molar-refractivity contribution is -0.150. The maximum absolute atomic E-state index is 12.1. The van der Waals surface area contributed by atoms with E-state index in [-0.39, 0.29) is 11.5 Å². The molecule has 0 radical (unpaired) electrons. The van der Waals surface area contributed by atoms with Crippen LogP contribution in [0.5, 0.6) is 5.75 Å². The SMILES string of the molecule is CC[C@@H](C)[C@@H](NC(=O)COC(=O)CNC(=O)c1ccccc1OC)C(=O)OC. The molecule has 154 valence electrons. The highest BCUT2D eigenvalue weighted by Crippen LogP contribution is 2.16. The van der Waals surface area contributed by atoms with Gasteiger partial charge in [-0.25, -0.2) is 4.79 Å². The number of rotatable bonds is 10. The monoisotopic (exact) mass is 394 g/mol. The zero-order valence-electron chi connectivity index (χ0n) is 16.4. The van der Waals surface area contributed by atoms with Crippen molar-refractivity contribution in [3.05, 3.63) is 29.8 Å². The molecule has 1 aromatic carbocycles. The van der Waals surface area contributed by atoms with Crippen molar-refractivity contribution in [2.75, 3.05) is 27.4 Å². The van der Waals surface area contributed by atoms with Gasteiger partial charge in [0.2, 0.25) is 0 Å². The largest absolute Gasteiger partial charge is 0.496 e. The van der Waals surface area contributed by atoms with E-state index in [0.29, 0.717) is 12.2 Å². The van der Waals surface area contributed by atoms with Gasteiger partial charge in [-0.15, -0.1) is 0 Å². The first kappa shape index (κ1) is 22.9. The number of para-hydroxylation sites is 1. The Morgan fingerprint density at radius 3 is 2.39 bits per heavy atom. The van der Waals surface area contributed by atoms with Gasteiger partial charge in [0.1, 0.15) is 18.3 Å². The molecular formula is C19H26N2O7. The lowest BCUT2D eigenvalue weighted by atomic mass is 9.99. The lowest BCUT2D eigenvalue weighted by Gasteiger charge is -2.21. The van der Waals surface area contributed by atoms with Crippen LogP contribution in [0.15, 0.2) is 24.3 Å². The second kappa shape index (κ2) is 11.6. The van der Waals surface area contributed by atoms with Crippen molar-refractivity contribution in [1.29, 1.82) is 0 Å². The molecule has 0 unspecified atom stereocenters. The van der Waals surface area contributed by atoms with E-state index in [1.807, 2.05) is 6.92 Å². The highest BCUT2D eigenvalue weighted by Gasteiger charge is 2.27. The van der Waals surface area contributed by atoms with Crippen molar-refractivity contribution >= 4 is 23.8 Å². The number of carbonyl (C=O) groups excluding carboxylic acids is 4. The van der Waals surface area contributed by atoms with Crippen LogP contribution >= 0.6 is 0 Å². The summed E-state index contributed by atoms with van der Waals surface area (Å²) in [6.45, 7) is 2.67. The minimum atomic E-state index is -0.827. The minimum Gasteiger partial charge on any atom is -0.496 e. The van der Waals surface area contributed by atoms with Gasteiger partial charge in [-0.3, -0.25) is 14.4 Å². The summed E-state index contributed by atoms with van der Waals surface area (Å²) >= 11 is 0. The van der Waals surface area contributed by atoms with Crippen molar-refractivity contribution < 1.29 is 33.4 Å². The number of hydrogen-bond acceptors (Lipinski definition) is 7. The minimum absolute atomic E-state index is 0.146. The number of methoxy groups -OCH3 is 2. The Bertz CT molecular complexity index is 705. The first-order chi connectivity index (χ1) is 13.3. The molecule has 0 heterocycles. The smallest absolute Gasteiger partial charge is 0.328 e. The van der Waals surface area contributed by atoms with Crippen LogP contribution in [0.4, 0.5) is 0 Å². The van der Waals surface area contributed by atoms with Crippen LogP contribution in [-0.4, -0.2) is 57.2 Å². The topological polar surface area (TPSA) is 120 Å². The van der Waals surface area contributed by atoms with Gasteiger partial charge in [0.05, 0.1) is 19.8 Å². The Hall–Kier alpha value is -3.10. The van der Waals surface area contributed by atoms with Crippen molar-refractivity contribution in [1.82, 2.24) is 10.6 Å². The number of amides is 2. The Kier molecular flexibility index (Phi) is 9.49. The van der Waals surface area contributed by atoms with Crippen LogP contribution < -0.4 is 15.4 Å². The molecule has 0 aliphatic rings. The van der Waals surface area contributed by atoms with Crippen LogP contribution in [-0.2, 0) is 23.9 Å². The van der Waals surface area contributed by atoms with Crippen LogP contribution in [0.1, 0.15) is 30.6 Å². The maximum atomic E-state index is 12.1. The second-order valence-electron chi connectivity index (χ2n) is 6.00. The van der Waals surface area contributed by atoms with Gasteiger partial charge in [-0.05, 0) is 18.1 Å².